The number of hydrogen-bond acceptors (Lipinski definition) is 5. The molecule has 5 rings (SSSR count). The van der Waals surface area contributed by atoms with Crippen molar-refractivity contribution in [1.29, 1.82) is 0 Å². The zero-order valence-electron chi connectivity index (χ0n) is 26.2. The van der Waals surface area contributed by atoms with Crippen LogP contribution in [0.4, 0.5) is 16.2 Å². The molecule has 1 saturated carbocycles. The Balaban J connectivity index is 1.36. The molecule has 3 aliphatic rings. The van der Waals surface area contributed by atoms with Gasteiger partial charge in [0.2, 0.25) is 5.91 Å². The van der Waals surface area contributed by atoms with Crippen molar-refractivity contribution in [1.82, 2.24) is 15.5 Å². The number of likely N-dealkylation sites (N-methyl/N-ethyl adjacent to an activating group) is 1. The number of carbonyl (C=O) groups is 3. The fraction of sp³-hybridized carbons (Fsp3) is 0.571. The van der Waals surface area contributed by atoms with Crippen molar-refractivity contribution in [3.63, 3.8) is 0 Å². The van der Waals surface area contributed by atoms with Crippen LogP contribution < -0.4 is 20.4 Å². The summed E-state index contributed by atoms with van der Waals surface area (Å²) in [5.41, 5.74) is 3.15. The third kappa shape index (κ3) is 8.31. The monoisotopic (exact) mass is 603 g/mol. The molecule has 3 fully saturated rings. The summed E-state index contributed by atoms with van der Waals surface area (Å²) in [5.74, 6) is -0.220. The highest BCUT2D eigenvalue weighted by Crippen LogP contribution is 2.30. The Bertz CT molecular complexity index is 1260. The molecule has 44 heavy (non-hydrogen) atoms. The van der Waals surface area contributed by atoms with Crippen molar-refractivity contribution in [2.24, 2.45) is 0 Å². The van der Waals surface area contributed by atoms with Crippen LogP contribution in [0, 0.1) is 0 Å². The molecule has 0 aromatic heterocycles. The molecule has 0 radical (unpaired) electrons. The van der Waals surface area contributed by atoms with Crippen LogP contribution in [0.2, 0.25) is 0 Å². The number of rotatable bonds is 11. The van der Waals surface area contributed by atoms with Crippen molar-refractivity contribution in [2.75, 3.05) is 42.5 Å². The van der Waals surface area contributed by atoms with Gasteiger partial charge >= 0.3 is 6.03 Å². The molecule has 1 aliphatic carbocycles. The third-order valence-corrected chi connectivity index (χ3v) is 9.36. The van der Waals surface area contributed by atoms with Gasteiger partial charge in [0.05, 0.1) is 18.7 Å². The molecule has 0 spiro atoms. The van der Waals surface area contributed by atoms with E-state index in [0.717, 1.165) is 75.0 Å². The number of nitrogens with zero attached hydrogens (tertiary/aromatic N) is 3. The lowest BCUT2D eigenvalue weighted by Crippen LogP contribution is -2.53. The van der Waals surface area contributed by atoms with Crippen molar-refractivity contribution in [2.45, 2.75) is 95.7 Å². The summed E-state index contributed by atoms with van der Waals surface area (Å²) in [6, 6.07) is 14.9. The molecule has 9 heteroatoms. The molecule has 9 nitrogen and oxygen atoms in total. The van der Waals surface area contributed by atoms with E-state index in [1.807, 2.05) is 49.4 Å². The smallest absolute Gasteiger partial charge is 0.317 e. The predicted octanol–water partition coefficient (Wildman–Crippen LogP) is 4.87. The summed E-state index contributed by atoms with van der Waals surface area (Å²) in [7, 11) is 0. The number of carbonyl (C=O) groups excluding carboxylic acids is 3. The maximum Gasteiger partial charge on any atom is 0.317 e. The fourth-order valence-electron chi connectivity index (χ4n) is 6.76. The molecule has 3 N–H and O–H groups in total. The van der Waals surface area contributed by atoms with E-state index in [-0.39, 0.29) is 30.4 Å². The van der Waals surface area contributed by atoms with Crippen molar-refractivity contribution in [3.05, 3.63) is 59.7 Å². The average molecular weight is 604 g/mol. The topological polar surface area (TPSA) is 105 Å². The van der Waals surface area contributed by atoms with E-state index in [2.05, 4.69) is 15.5 Å². The van der Waals surface area contributed by atoms with Gasteiger partial charge < -0.3 is 30.4 Å². The van der Waals surface area contributed by atoms with Gasteiger partial charge in [-0.15, -0.1) is 0 Å². The molecule has 2 aliphatic heterocycles. The van der Waals surface area contributed by atoms with Crippen LogP contribution in [-0.4, -0.2) is 78.8 Å². The Morgan fingerprint density at radius 3 is 2.32 bits per heavy atom. The number of hydrogen-bond donors (Lipinski definition) is 3. The minimum absolute atomic E-state index is 0.0793. The van der Waals surface area contributed by atoms with Gasteiger partial charge in [0.15, 0.2) is 0 Å². The summed E-state index contributed by atoms with van der Waals surface area (Å²) >= 11 is 0. The number of anilines is 2. The third-order valence-electron chi connectivity index (χ3n) is 9.36. The molecule has 2 atom stereocenters. The van der Waals surface area contributed by atoms with E-state index in [1.54, 1.807) is 15.9 Å². The molecule has 2 heterocycles. The Kier molecular flexibility index (Phi) is 11.2. The number of amides is 4. The SMILES string of the molecule is CCN(C[C@H](O)[C@H](Cc1ccccc1)NC(=O)c1cc(N2CCCCC2)cc(N2CCCC2=O)c1)C(=O)NC1CCCCC1. The first kappa shape index (κ1) is 31.8. The number of benzene rings is 2. The van der Waals surface area contributed by atoms with Gasteiger partial charge in [-0.25, -0.2) is 4.79 Å². The van der Waals surface area contributed by atoms with Crippen molar-refractivity contribution >= 4 is 29.2 Å². The standard InChI is InChI=1S/C35H49N5O4/c1-2-38(35(44)36-28-15-8-4-9-16-28)25-32(41)31(21-26-13-6-3-7-14-26)37-34(43)27-22-29(39-18-10-5-11-19-39)24-30(23-27)40-20-12-17-33(40)42/h3,6-7,13-14,22-24,28,31-32,41H,2,4-5,8-12,15-21,25H2,1H3,(H,36,44)(H,37,43)/t31-,32-/m0/s1. The highest BCUT2D eigenvalue weighted by molar-refractivity contribution is 6.00. The summed E-state index contributed by atoms with van der Waals surface area (Å²) < 4.78 is 0. The van der Waals surface area contributed by atoms with Gasteiger partial charge in [0.25, 0.3) is 5.91 Å². The van der Waals surface area contributed by atoms with E-state index >= 15 is 0 Å². The molecule has 2 aromatic carbocycles. The molecule has 2 aromatic rings. The number of aliphatic hydroxyl groups is 1. The van der Waals surface area contributed by atoms with Gasteiger partial charge in [0, 0.05) is 55.6 Å². The summed E-state index contributed by atoms with van der Waals surface area (Å²) in [5, 5.41) is 17.8. The first-order valence-corrected chi connectivity index (χ1v) is 16.7. The van der Waals surface area contributed by atoms with Crippen molar-refractivity contribution in [3.8, 4) is 0 Å². The zero-order chi connectivity index (χ0) is 30.9. The summed E-state index contributed by atoms with van der Waals surface area (Å²) in [6.07, 6.45) is 9.57. The van der Waals surface area contributed by atoms with Crippen LogP contribution in [-0.2, 0) is 11.2 Å². The molecule has 0 bridgehead atoms. The van der Waals surface area contributed by atoms with Gasteiger partial charge in [-0.1, -0.05) is 49.6 Å². The van der Waals surface area contributed by atoms with Crippen LogP contribution >= 0.6 is 0 Å². The highest BCUT2D eigenvalue weighted by Gasteiger charge is 2.29. The number of urea groups is 1. The molecule has 0 unspecified atom stereocenters. The van der Waals surface area contributed by atoms with Crippen LogP contribution in [0.5, 0.6) is 0 Å². The van der Waals surface area contributed by atoms with E-state index in [0.29, 0.717) is 31.5 Å². The number of aliphatic hydroxyl groups excluding tert-OH is 1. The van der Waals surface area contributed by atoms with Gasteiger partial charge in [-0.3, -0.25) is 9.59 Å². The fourth-order valence-corrected chi connectivity index (χ4v) is 6.76. The molecule has 238 valence electrons. The maximum absolute atomic E-state index is 13.9. The van der Waals surface area contributed by atoms with Gasteiger partial charge in [-0.2, -0.15) is 0 Å². The Morgan fingerprint density at radius 1 is 0.932 bits per heavy atom. The normalized spacial score (nSPS) is 19.0. The van der Waals surface area contributed by atoms with E-state index < -0.39 is 12.1 Å². The van der Waals surface area contributed by atoms with E-state index in [9.17, 15) is 19.5 Å². The van der Waals surface area contributed by atoms with Gasteiger partial charge in [-0.05, 0) is 75.6 Å². The Morgan fingerprint density at radius 2 is 1.64 bits per heavy atom. The van der Waals surface area contributed by atoms with Crippen LogP contribution in [0.1, 0.15) is 87.1 Å². The summed E-state index contributed by atoms with van der Waals surface area (Å²) in [4.78, 5) is 45.5. The van der Waals surface area contributed by atoms with Crippen molar-refractivity contribution < 1.29 is 19.5 Å². The largest absolute Gasteiger partial charge is 0.389 e. The lowest BCUT2D eigenvalue weighted by atomic mass is 9.96. The minimum atomic E-state index is -0.985. The maximum atomic E-state index is 13.9. The summed E-state index contributed by atoms with van der Waals surface area (Å²) in [6.45, 7) is 4.95. The first-order valence-electron chi connectivity index (χ1n) is 16.7. The quantitative estimate of drug-likeness (QED) is 0.340. The van der Waals surface area contributed by atoms with E-state index in [1.165, 1.54) is 12.8 Å². The molecule has 4 amide bonds. The first-order chi connectivity index (χ1) is 21.4. The van der Waals surface area contributed by atoms with Gasteiger partial charge in [0.1, 0.15) is 0 Å². The van der Waals surface area contributed by atoms with Crippen LogP contribution in [0.3, 0.4) is 0 Å². The molecule has 2 saturated heterocycles. The highest BCUT2D eigenvalue weighted by atomic mass is 16.3. The number of piperidine rings is 1. The zero-order valence-corrected chi connectivity index (χ0v) is 26.2. The molecular weight excluding hydrogens is 554 g/mol. The van der Waals surface area contributed by atoms with Crippen LogP contribution in [0.15, 0.2) is 48.5 Å². The second-order valence-corrected chi connectivity index (χ2v) is 12.6. The predicted molar refractivity (Wildman–Crippen MR) is 174 cm³/mol. The lowest BCUT2D eigenvalue weighted by Gasteiger charge is -2.32. The van der Waals surface area contributed by atoms with E-state index in [4.69, 9.17) is 0 Å². The molecular formula is C35H49N5O4. The second kappa shape index (κ2) is 15.4. The van der Waals surface area contributed by atoms with Crippen LogP contribution in [0.25, 0.3) is 0 Å². The Hall–Kier alpha value is -3.59. The average Bonchev–Trinajstić information content (AvgIpc) is 3.50. The Labute approximate surface area is 262 Å². The minimum Gasteiger partial charge on any atom is -0.389 e. The lowest BCUT2D eigenvalue weighted by molar-refractivity contribution is -0.117. The second-order valence-electron chi connectivity index (χ2n) is 12.6. The number of nitrogens with one attached hydrogen (secondary N) is 2.